The maximum Gasteiger partial charge on any atom is 0.185 e. The predicted molar refractivity (Wildman–Crippen MR) is 53.9 cm³/mol. The van der Waals surface area contributed by atoms with Crippen LogP contribution < -0.4 is 4.74 Å². The second-order valence-electron chi connectivity index (χ2n) is 2.93. The van der Waals surface area contributed by atoms with E-state index in [1.165, 1.54) is 0 Å². The second kappa shape index (κ2) is 3.96. The zero-order valence-electron chi connectivity index (χ0n) is 8.14. The minimum absolute atomic E-state index is 0.299. The van der Waals surface area contributed by atoms with Crippen molar-refractivity contribution in [1.82, 2.24) is 4.98 Å². The van der Waals surface area contributed by atoms with Gasteiger partial charge in [0.15, 0.2) is 12.0 Å². The highest BCUT2D eigenvalue weighted by atomic mass is 16.5. The summed E-state index contributed by atoms with van der Waals surface area (Å²) < 4.78 is 10.3. The van der Waals surface area contributed by atoms with Gasteiger partial charge < -0.3 is 9.15 Å². The topological polar surface area (TPSA) is 52.3 Å². The second-order valence-corrected chi connectivity index (χ2v) is 2.93. The lowest BCUT2D eigenvalue weighted by molar-refractivity contribution is 0.110. The molecular weight excluding hydrogens is 194 g/mol. The standard InChI is InChI=1S/C11H9NO3/c1-14-10-4-8(5-12-6-10)11-3-2-9(7-13)15-11/h2-7H,1H3. The Labute approximate surface area is 86.5 Å². The first-order valence-electron chi connectivity index (χ1n) is 4.38. The highest BCUT2D eigenvalue weighted by Gasteiger charge is 2.05. The lowest BCUT2D eigenvalue weighted by atomic mass is 10.2. The Morgan fingerprint density at radius 2 is 2.27 bits per heavy atom. The molecule has 0 aromatic carbocycles. The molecule has 76 valence electrons. The molecule has 0 N–H and O–H groups in total. The molecule has 2 aromatic heterocycles. The molecule has 2 rings (SSSR count). The van der Waals surface area contributed by atoms with E-state index in [2.05, 4.69) is 4.98 Å². The first kappa shape index (κ1) is 9.45. The fourth-order valence-electron chi connectivity index (χ4n) is 1.24. The Bertz CT molecular complexity index is 476. The molecule has 0 aliphatic carbocycles. The van der Waals surface area contributed by atoms with Gasteiger partial charge in [-0.15, -0.1) is 0 Å². The number of nitrogens with zero attached hydrogens (tertiary/aromatic N) is 1. The maximum atomic E-state index is 10.4. The molecule has 15 heavy (non-hydrogen) atoms. The summed E-state index contributed by atoms with van der Waals surface area (Å²) in [5.74, 6) is 1.55. The molecule has 4 nitrogen and oxygen atoms in total. The minimum Gasteiger partial charge on any atom is -0.495 e. The van der Waals surface area contributed by atoms with Crippen LogP contribution >= 0.6 is 0 Å². The Balaban J connectivity index is 2.39. The summed E-state index contributed by atoms with van der Waals surface area (Å²) in [5, 5.41) is 0. The smallest absolute Gasteiger partial charge is 0.185 e. The van der Waals surface area contributed by atoms with E-state index in [-0.39, 0.29) is 0 Å². The number of aldehydes is 1. The molecule has 2 aromatic rings. The van der Waals surface area contributed by atoms with Crippen molar-refractivity contribution < 1.29 is 13.9 Å². The Morgan fingerprint density at radius 1 is 1.40 bits per heavy atom. The van der Waals surface area contributed by atoms with Crippen LogP contribution in [0.1, 0.15) is 10.6 Å². The Hall–Kier alpha value is -2.10. The van der Waals surface area contributed by atoms with Crippen LogP contribution in [0.4, 0.5) is 0 Å². The van der Waals surface area contributed by atoms with Crippen LogP contribution in [-0.2, 0) is 0 Å². The van der Waals surface area contributed by atoms with Gasteiger partial charge in [0, 0.05) is 11.8 Å². The molecule has 4 heteroatoms. The van der Waals surface area contributed by atoms with Gasteiger partial charge in [-0.2, -0.15) is 0 Å². The van der Waals surface area contributed by atoms with Crippen LogP contribution in [0.25, 0.3) is 11.3 Å². The number of methoxy groups -OCH3 is 1. The molecule has 0 radical (unpaired) electrons. The largest absolute Gasteiger partial charge is 0.495 e. The average molecular weight is 203 g/mol. The van der Waals surface area contributed by atoms with Crippen molar-refractivity contribution in [3.63, 3.8) is 0 Å². The van der Waals surface area contributed by atoms with Crippen molar-refractivity contribution in [3.8, 4) is 17.1 Å². The zero-order chi connectivity index (χ0) is 10.7. The predicted octanol–water partition coefficient (Wildman–Crippen LogP) is 2.16. The van der Waals surface area contributed by atoms with E-state index < -0.39 is 0 Å². The van der Waals surface area contributed by atoms with Crippen molar-refractivity contribution >= 4 is 6.29 Å². The van der Waals surface area contributed by atoms with Gasteiger partial charge in [-0.25, -0.2) is 0 Å². The summed E-state index contributed by atoms with van der Waals surface area (Å²) in [6.45, 7) is 0. The molecule has 2 heterocycles. The molecule has 0 spiro atoms. The van der Waals surface area contributed by atoms with Crippen molar-refractivity contribution in [3.05, 3.63) is 36.4 Å². The third-order valence-electron chi connectivity index (χ3n) is 1.98. The van der Waals surface area contributed by atoms with E-state index in [0.717, 1.165) is 5.56 Å². The van der Waals surface area contributed by atoms with Gasteiger partial charge >= 0.3 is 0 Å². The van der Waals surface area contributed by atoms with Crippen molar-refractivity contribution in [2.75, 3.05) is 7.11 Å². The van der Waals surface area contributed by atoms with Gasteiger partial charge in [-0.1, -0.05) is 0 Å². The fourth-order valence-corrected chi connectivity index (χ4v) is 1.24. The summed E-state index contributed by atoms with van der Waals surface area (Å²) >= 11 is 0. The minimum atomic E-state index is 0.299. The number of aromatic nitrogens is 1. The number of hydrogen-bond acceptors (Lipinski definition) is 4. The summed E-state index contributed by atoms with van der Waals surface area (Å²) in [4.78, 5) is 14.4. The molecule has 0 bridgehead atoms. The Morgan fingerprint density at radius 3 is 2.93 bits per heavy atom. The monoisotopic (exact) mass is 203 g/mol. The van der Waals surface area contributed by atoms with Crippen molar-refractivity contribution in [2.45, 2.75) is 0 Å². The van der Waals surface area contributed by atoms with Crippen LogP contribution in [0.5, 0.6) is 5.75 Å². The van der Waals surface area contributed by atoms with Crippen molar-refractivity contribution in [1.29, 1.82) is 0 Å². The normalized spacial score (nSPS) is 9.93. The van der Waals surface area contributed by atoms with Gasteiger partial charge in [-0.3, -0.25) is 9.78 Å². The summed E-state index contributed by atoms with van der Waals surface area (Å²) in [6.07, 6.45) is 3.92. The van der Waals surface area contributed by atoms with E-state index in [1.54, 1.807) is 37.7 Å². The quantitative estimate of drug-likeness (QED) is 0.717. The highest BCUT2D eigenvalue weighted by Crippen LogP contribution is 2.23. The van der Waals surface area contributed by atoms with Crippen molar-refractivity contribution in [2.24, 2.45) is 0 Å². The molecule has 0 atom stereocenters. The number of pyridine rings is 1. The lowest BCUT2D eigenvalue weighted by Gasteiger charge is -2.00. The molecule has 0 unspecified atom stereocenters. The first-order chi connectivity index (χ1) is 7.33. The molecule has 0 amide bonds. The lowest BCUT2D eigenvalue weighted by Crippen LogP contribution is -1.85. The summed E-state index contributed by atoms with van der Waals surface area (Å²) in [5.41, 5.74) is 0.780. The zero-order valence-corrected chi connectivity index (χ0v) is 8.14. The SMILES string of the molecule is COc1cncc(-c2ccc(C=O)o2)c1. The van der Waals surface area contributed by atoms with E-state index >= 15 is 0 Å². The molecule has 0 aliphatic rings. The Kier molecular flexibility index (Phi) is 2.49. The highest BCUT2D eigenvalue weighted by molar-refractivity contribution is 5.72. The van der Waals surface area contributed by atoms with E-state index in [9.17, 15) is 4.79 Å². The van der Waals surface area contributed by atoms with Gasteiger partial charge in [0.25, 0.3) is 0 Å². The third-order valence-corrected chi connectivity index (χ3v) is 1.98. The summed E-state index contributed by atoms with van der Waals surface area (Å²) in [6, 6.07) is 5.13. The maximum absolute atomic E-state index is 10.4. The molecule has 0 saturated carbocycles. The van der Waals surface area contributed by atoms with E-state index in [1.807, 2.05) is 0 Å². The van der Waals surface area contributed by atoms with E-state index in [4.69, 9.17) is 9.15 Å². The number of hydrogen-bond donors (Lipinski definition) is 0. The molecular formula is C11H9NO3. The van der Waals surface area contributed by atoms with Crippen LogP contribution in [0.15, 0.2) is 35.0 Å². The third kappa shape index (κ3) is 1.88. The number of furan rings is 1. The molecule has 0 fully saturated rings. The van der Waals surface area contributed by atoms with Crippen LogP contribution in [0.2, 0.25) is 0 Å². The first-order valence-corrected chi connectivity index (χ1v) is 4.38. The van der Waals surface area contributed by atoms with Gasteiger partial charge in [-0.05, 0) is 18.2 Å². The summed E-state index contributed by atoms with van der Waals surface area (Å²) in [7, 11) is 1.57. The van der Waals surface area contributed by atoms with Gasteiger partial charge in [0.2, 0.25) is 0 Å². The van der Waals surface area contributed by atoms with Gasteiger partial charge in [0.05, 0.1) is 13.3 Å². The number of carbonyl (C=O) groups is 1. The van der Waals surface area contributed by atoms with Crippen LogP contribution in [0.3, 0.4) is 0 Å². The van der Waals surface area contributed by atoms with Crippen LogP contribution in [-0.4, -0.2) is 18.4 Å². The average Bonchev–Trinajstić information content (AvgIpc) is 2.78. The number of rotatable bonds is 3. The molecule has 0 aliphatic heterocycles. The van der Waals surface area contributed by atoms with E-state index in [0.29, 0.717) is 23.6 Å². The number of carbonyl (C=O) groups excluding carboxylic acids is 1. The molecule has 0 saturated heterocycles. The number of ether oxygens (including phenoxy) is 1. The fraction of sp³-hybridized carbons (Fsp3) is 0.0909. The van der Waals surface area contributed by atoms with Crippen LogP contribution in [0, 0.1) is 0 Å². The van der Waals surface area contributed by atoms with Gasteiger partial charge in [0.1, 0.15) is 11.5 Å².